The van der Waals surface area contributed by atoms with Crippen LogP contribution in [0.25, 0.3) is 0 Å². The van der Waals surface area contributed by atoms with Crippen LogP contribution in [-0.4, -0.2) is 42.8 Å². The van der Waals surface area contributed by atoms with Gasteiger partial charge in [0.15, 0.2) is 0 Å². The lowest BCUT2D eigenvalue weighted by Crippen LogP contribution is -2.58. The SMILES string of the molecule is CC(C)CN(C1CCCC1)C1(CN)CCCOCC1. The molecule has 0 aromatic carbocycles. The van der Waals surface area contributed by atoms with Gasteiger partial charge in [-0.3, -0.25) is 4.90 Å². The molecular weight excluding hydrogens is 236 g/mol. The highest BCUT2D eigenvalue weighted by Crippen LogP contribution is 2.35. The largest absolute Gasteiger partial charge is 0.381 e. The first-order valence-corrected chi connectivity index (χ1v) is 8.22. The van der Waals surface area contributed by atoms with E-state index in [0.717, 1.165) is 32.2 Å². The highest BCUT2D eigenvalue weighted by Gasteiger charge is 2.40. The zero-order chi connectivity index (χ0) is 13.7. The Kier molecular flexibility index (Phi) is 5.67. The third kappa shape index (κ3) is 3.71. The molecule has 2 rings (SSSR count). The zero-order valence-corrected chi connectivity index (χ0v) is 12.9. The van der Waals surface area contributed by atoms with Crippen molar-refractivity contribution in [2.75, 3.05) is 26.3 Å². The Balaban J connectivity index is 2.16. The van der Waals surface area contributed by atoms with E-state index in [9.17, 15) is 0 Å². The quantitative estimate of drug-likeness (QED) is 0.833. The van der Waals surface area contributed by atoms with Gasteiger partial charge in [-0.2, -0.15) is 0 Å². The molecule has 1 aliphatic carbocycles. The summed E-state index contributed by atoms with van der Waals surface area (Å²) < 4.78 is 5.69. The van der Waals surface area contributed by atoms with Gasteiger partial charge in [0.05, 0.1) is 0 Å². The van der Waals surface area contributed by atoms with E-state index in [1.165, 1.54) is 45.1 Å². The molecule has 1 aliphatic heterocycles. The van der Waals surface area contributed by atoms with Crippen LogP contribution < -0.4 is 5.73 Å². The summed E-state index contributed by atoms with van der Waals surface area (Å²) in [6.07, 6.45) is 9.04. The van der Waals surface area contributed by atoms with Crippen LogP contribution in [0.1, 0.15) is 58.8 Å². The first-order valence-electron chi connectivity index (χ1n) is 8.22. The molecule has 0 radical (unpaired) electrons. The Hall–Kier alpha value is -0.120. The minimum absolute atomic E-state index is 0.204. The van der Waals surface area contributed by atoms with E-state index in [1.54, 1.807) is 0 Å². The van der Waals surface area contributed by atoms with Crippen LogP contribution in [0.5, 0.6) is 0 Å². The third-order valence-corrected chi connectivity index (χ3v) is 4.96. The predicted octanol–water partition coefficient (Wildman–Crippen LogP) is 2.79. The van der Waals surface area contributed by atoms with Crippen LogP contribution in [0.15, 0.2) is 0 Å². The van der Waals surface area contributed by atoms with Gasteiger partial charge in [0.2, 0.25) is 0 Å². The molecule has 1 atom stereocenters. The van der Waals surface area contributed by atoms with E-state index in [0.29, 0.717) is 5.92 Å². The summed E-state index contributed by atoms with van der Waals surface area (Å²) in [5.41, 5.74) is 6.46. The summed E-state index contributed by atoms with van der Waals surface area (Å²) in [6.45, 7) is 8.46. The van der Waals surface area contributed by atoms with Crippen molar-refractivity contribution in [1.29, 1.82) is 0 Å². The summed E-state index contributed by atoms with van der Waals surface area (Å²) in [5, 5.41) is 0. The summed E-state index contributed by atoms with van der Waals surface area (Å²) >= 11 is 0. The molecule has 2 N–H and O–H groups in total. The van der Waals surface area contributed by atoms with Crippen molar-refractivity contribution in [3.8, 4) is 0 Å². The maximum atomic E-state index is 6.25. The van der Waals surface area contributed by atoms with E-state index in [-0.39, 0.29) is 5.54 Å². The first kappa shape index (κ1) is 15.3. The van der Waals surface area contributed by atoms with E-state index >= 15 is 0 Å². The lowest BCUT2D eigenvalue weighted by molar-refractivity contribution is 0.0211. The highest BCUT2D eigenvalue weighted by atomic mass is 16.5. The van der Waals surface area contributed by atoms with Crippen LogP contribution in [-0.2, 0) is 4.74 Å². The molecule has 19 heavy (non-hydrogen) atoms. The molecule has 3 nitrogen and oxygen atoms in total. The maximum Gasteiger partial charge on any atom is 0.0484 e. The molecule has 1 unspecified atom stereocenters. The van der Waals surface area contributed by atoms with Crippen LogP contribution in [0, 0.1) is 5.92 Å². The Bertz CT molecular complexity index is 253. The topological polar surface area (TPSA) is 38.5 Å². The lowest BCUT2D eigenvalue weighted by Gasteiger charge is -2.47. The molecule has 112 valence electrons. The molecule has 0 spiro atoms. The summed E-state index contributed by atoms with van der Waals surface area (Å²) in [7, 11) is 0. The average Bonchev–Trinajstić information content (AvgIpc) is 2.81. The second-order valence-corrected chi connectivity index (χ2v) is 6.88. The summed E-state index contributed by atoms with van der Waals surface area (Å²) in [6, 6.07) is 0.768. The standard InChI is InChI=1S/C16H32N2O/c1-14(2)12-18(15-6-3-4-7-15)16(13-17)8-5-10-19-11-9-16/h14-15H,3-13,17H2,1-2H3. The number of hydrogen-bond donors (Lipinski definition) is 1. The van der Waals surface area contributed by atoms with E-state index < -0.39 is 0 Å². The van der Waals surface area contributed by atoms with E-state index in [2.05, 4.69) is 18.7 Å². The molecule has 0 bridgehead atoms. The number of nitrogens with zero attached hydrogens (tertiary/aromatic N) is 1. The minimum Gasteiger partial charge on any atom is -0.381 e. The van der Waals surface area contributed by atoms with Crippen molar-refractivity contribution in [3.05, 3.63) is 0 Å². The van der Waals surface area contributed by atoms with Crippen LogP contribution in [0.2, 0.25) is 0 Å². The molecule has 2 fully saturated rings. The average molecular weight is 268 g/mol. The van der Waals surface area contributed by atoms with Crippen molar-refractivity contribution < 1.29 is 4.74 Å². The van der Waals surface area contributed by atoms with Crippen molar-refractivity contribution in [3.63, 3.8) is 0 Å². The van der Waals surface area contributed by atoms with Gasteiger partial charge in [0.1, 0.15) is 0 Å². The van der Waals surface area contributed by atoms with Crippen LogP contribution >= 0.6 is 0 Å². The van der Waals surface area contributed by atoms with E-state index in [1.807, 2.05) is 0 Å². The Labute approximate surface area is 118 Å². The van der Waals surface area contributed by atoms with Gasteiger partial charge in [-0.1, -0.05) is 26.7 Å². The Morgan fingerprint density at radius 1 is 1.16 bits per heavy atom. The molecule has 0 aromatic heterocycles. The normalized spacial score (nSPS) is 30.2. The molecule has 0 aromatic rings. The fourth-order valence-corrected chi connectivity index (χ4v) is 3.94. The molecule has 1 saturated carbocycles. The number of ether oxygens (including phenoxy) is 1. The molecule has 3 heteroatoms. The monoisotopic (exact) mass is 268 g/mol. The highest BCUT2D eigenvalue weighted by molar-refractivity contribution is 4.97. The molecular formula is C16H32N2O. The van der Waals surface area contributed by atoms with Gasteiger partial charge in [-0.05, 0) is 38.0 Å². The van der Waals surface area contributed by atoms with Gasteiger partial charge < -0.3 is 10.5 Å². The second kappa shape index (κ2) is 7.05. The Morgan fingerprint density at radius 3 is 2.53 bits per heavy atom. The summed E-state index contributed by atoms with van der Waals surface area (Å²) in [4.78, 5) is 2.79. The fourth-order valence-electron chi connectivity index (χ4n) is 3.94. The molecule has 1 saturated heterocycles. The number of nitrogens with two attached hydrogens (primary N) is 1. The van der Waals surface area contributed by atoms with Crippen LogP contribution in [0.3, 0.4) is 0 Å². The zero-order valence-electron chi connectivity index (χ0n) is 12.9. The van der Waals surface area contributed by atoms with Crippen molar-refractivity contribution >= 4 is 0 Å². The van der Waals surface area contributed by atoms with Gasteiger partial charge in [0, 0.05) is 37.9 Å². The Morgan fingerprint density at radius 2 is 1.89 bits per heavy atom. The van der Waals surface area contributed by atoms with Gasteiger partial charge in [0.25, 0.3) is 0 Å². The first-order chi connectivity index (χ1) is 9.18. The van der Waals surface area contributed by atoms with Gasteiger partial charge in [-0.25, -0.2) is 0 Å². The fraction of sp³-hybridized carbons (Fsp3) is 1.00. The van der Waals surface area contributed by atoms with Gasteiger partial charge in [-0.15, -0.1) is 0 Å². The van der Waals surface area contributed by atoms with Crippen molar-refractivity contribution in [2.24, 2.45) is 11.7 Å². The minimum atomic E-state index is 0.204. The van der Waals surface area contributed by atoms with Crippen molar-refractivity contribution in [2.45, 2.75) is 70.4 Å². The van der Waals surface area contributed by atoms with Crippen molar-refractivity contribution in [1.82, 2.24) is 4.90 Å². The third-order valence-electron chi connectivity index (χ3n) is 4.96. The molecule has 2 aliphatic rings. The smallest absolute Gasteiger partial charge is 0.0484 e. The van der Waals surface area contributed by atoms with E-state index in [4.69, 9.17) is 10.5 Å². The predicted molar refractivity (Wildman–Crippen MR) is 80.3 cm³/mol. The van der Waals surface area contributed by atoms with Crippen LogP contribution in [0.4, 0.5) is 0 Å². The van der Waals surface area contributed by atoms with Gasteiger partial charge >= 0.3 is 0 Å². The molecule has 1 heterocycles. The summed E-state index contributed by atoms with van der Waals surface area (Å²) in [5.74, 6) is 0.716. The molecule has 0 amide bonds. The number of rotatable bonds is 5. The lowest BCUT2D eigenvalue weighted by atomic mass is 9.86. The number of hydrogen-bond acceptors (Lipinski definition) is 3. The second-order valence-electron chi connectivity index (χ2n) is 6.88. The maximum absolute atomic E-state index is 6.25.